The highest BCUT2D eigenvalue weighted by molar-refractivity contribution is 5.85. The Balaban J connectivity index is 1.76. The number of hydrogen-bond acceptors (Lipinski definition) is 4. The molecule has 1 amide bonds. The number of nitrogens with zero attached hydrogens (tertiary/aromatic N) is 3. The molecular formula is C23H28N4O2. The molecular weight excluding hydrogens is 364 g/mol. The van der Waals surface area contributed by atoms with E-state index in [1.54, 1.807) is 10.9 Å². The Kier molecular flexibility index (Phi) is 6.32. The number of carbonyl (C=O) groups is 1. The van der Waals surface area contributed by atoms with Gasteiger partial charge in [0, 0.05) is 6.20 Å². The van der Waals surface area contributed by atoms with Crippen molar-refractivity contribution in [1.29, 1.82) is 0 Å². The summed E-state index contributed by atoms with van der Waals surface area (Å²) in [6.07, 6.45) is 3.66. The summed E-state index contributed by atoms with van der Waals surface area (Å²) in [5.74, 6) is 0.178. The minimum absolute atomic E-state index is 0.108. The van der Waals surface area contributed by atoms with Gasteiger partial charge in [0.15, 0.2) is 0 Å². The topological polar surface area (TPSA) is 83.0 Å². The van der Waals surface area contributed by atoms with E-state index in [-0.39, 0.29) is 6.10 Å². The monoisotopic (exact) mass is 392 g/mol. The molecule has 1 atom stereocenters. The van der Waals surface area contributed by atoms with Crippen LogP contribution in [-0.4, -0.2) is 26.8 Å². The van der Waals surface area contributed by atoms with Gasteiger partial charge < -0.3 is 10.5 Å². The van der Waals surface area contributed by atoms with E-state index in [2.05, 4.69) is 23.9 Å². The van der Waals surface area contributed by atoms with Gasteiger partial charge in [0.1, 0.15) is 11.7 Å². The highest BCUT2D eigenvalue weighted by Crippen LogP contribution is 2.25. The van der Waals surface area contributed by atoms with Gasteiger partial charge >= 0.3 is 0 Å². The molecule has 0 radical (unpaired) electrons. The van der Waals surface area contributed by atoms with E-state index in [1.807, 2.05) is 62.5 Å². The molecule has 0 aliphatic rings. The van der Waals surface area contributed by atoms with Crippen LogP contribution in [0, 0.1) is 0 Å². The van der Waals surface area contributed by atoms with E-state index in [9.17, 15) is 4.79 Å². The van der Waals surface area contributed by atoms with E-state index in [1.165, 1.54) is 5.56 Å². The van der Waals surface area contributed by atoms with Crippen LogP contribution >= 0.6 is 0 Å². The van der Waals surface area contributed by atoms with E-state index in [4.69, 9.17) is 10.5 Å². The molecule has 0 aliphatic carbocycles. The van der Waals surface area contributed by atoms with Gasteiger partial charge in [-0.2, -0.15) is 5.10 Å². The number of primary amides is 1. The Morgan fingerprint density at radius 2 is 1.72 bits per heavy atom. The van der Waals surface area contributed by atoms with E-state index in [0.717, 1.165) is 17.0 Å². The second kappa shape index (κ2) is 8.90. The number of nitrogens with two attached hydrogens (primary N) is 1. The third-order valence-corrected chi connectivity index (χ3v) is 4.67. The molecule has 3 aromatic rings. The van der Waals surface area contributed by atoms with Crippen LogP contribution in [0.5, 0.6) is 5.75 Å². The van der Waals surface area contributed by atoms with Crippen molar-refractivity contribution in [1.82, 2.24) is 14.8 Å². The fourth-order valence-corrected chi connectivity index (χ4v) is 3.19. The summed E-state index contributed by atoms with van der Waals surface area (Å²) in [6.45, 7) is 8.73. The molecule has 3 rings (SSSR count). The summed E-state index contributed by atoms with van der Waals surface area (Å²) in [5.41, 5.74) is 9.26. The predicted octanol–water partition coefficient (Wildman–Crippen LogP) is 3.85. The lowest BCUT2D eigenvalue weighted by Crippen LogP contribution is -2.23. The molecule has 0 saturated heterocycles. The quantitative estimate of drug-likeness (QED) is 0.631. The fraction of sp³-hybridized carbons (Fsp3) is 0.348. The summed E-state index contributed by atoms with van der Waals surface area (Å²) in [6, 6.07) is 13.6. The van der Waals surface area contributed by atoms with E-state index >= 15 is 0 Å². The Bertz CT molecular complexity index is 944. The van der Waals surface area contributed by atoms with Crippen molar-refractivity contribution < 1.29 is 9.53 Å². The van der Waals surface area contributed by atoms with Crippen LogP contribution in [-0.2, 0) is 11.3 Å². The molecule has 152 valence electrons. The predicted molar refractivity (Wildman–Crippen MR) is 113 cm³/mol. The van der Waals surface area contributed by atoms with Gasteiger partial charge in [0.2, 0.25) is 5.91 Å². The Hall–Kier alpha value is -3.15. The van der Waals surface area contributed by atoms with Gasteiger partial charge in [0.05, 0.1) is 30.2 Å². The van der Waals surface area contributed by atoms with Crippen LogP contribution in [0.3, 0.4) is 0 Å². The van der Waals surface area contributed by atoms with E-state index < -0.39 is 11.8 Å². The molecule has 6 heteroatoms. The summed E-state index contributed by atoms with van der Waals surface area (Å²) in [4.78, 5) is 16.6. The molecule has 2 aromatic heterocycles. The van der Waals surface area contributed by atoms with E-state index in [0.29, 0.717) is 18.2 Å². The molecule has 0 bridgehead atoms. The van der Waals surface area contributed by atoms with Gasteiger partial charge in [-0.1, -0.05) is 38.1 Å². The average Bonchev–Trinajstić information content (AvgIpc) is 3.11. The number of amides is 1. The summed E-state index contributed by atoms with van der Waals surface area (Å²) in [7, 11) is 0. The molecule has 0 saturated carbocycles. The number of carbonyl (C=O) groups excluding carboxylic acids is 1. The van der Waals surface area contributed by atoms with Crippen LogP contribution in [0.2, 0.25) is 0 Å². The fourth-order valence-electron chi connectivity index (χ4n) is 3.19. The van der Waals surface area contributed by atoms with Crippen LogP contribution in [0.15, 0.2) is 54.9 Å². The Morgan fingerprint density at radius 1 is 1.03 bits per heavy atom. The zero-order valence-corrected chi connectivity index (χ0v) is 17.4. The standard InChI is InChI=1S/C23H28N4O2/c1-15(2)17-5-7-18(8-6-17)22(23(24)28)21-11-12-27(26-21)14-19-9-10-20(13-25-19)29-16(3)4/h5-13,15-16,22H,14H2,1-4H3,(H2,24,28). The van der Waals surface area contributed by atoms with Crippen LogP contribution in [0.4, 0.5) is 0 Å². The molecule has 0 fully saturated rings. The van der Waals surface area contributed by atoms with Gasteiger partial charge in [-0.3, -0.25) is 14.5 Å². The maximum absolute atomic E-state index is 12.2. The molecule has 2 N–H and O–H groups in total. The molecule has 29 heavy (non-hydrogen) atoms. The van der Waals surface area contributed by atoms with Crippen molar-refractivity contribution in [3.63, 3.8) is 0 Å². The van der Waals surface area contributed by atoms with Crippen LogP contribution in [0.25, 0.3) is 0 Å². The second-order valence-electron chi connectivity index (χ2n) is 7.75. The number of pyridine rings is 1. The number of ether oxygens (including phenoxy) is 1. The minimum atomic E-state index is -0.577. The van der Waals surface area contributed by atoms with Crippen molar-refractivity contribution in [2.45, 2.75) is 52.2 Å². The first kappa shape index (κ1) is 20.6. The van der Waals surface area contributed by atoms with Crippen molar-refractivity contribution in [2.75, 3.05) is 0 Å². The smallest absolute Gasteiger partial charge is 0.231 e. The largest absolute Gasteiger partial charge is 0.489 e. The SMILES string of the molecule is CC(C)Oc1ccc(Cn2ccc(C(C(N)=O)c3ccc(C(C)C)cc3)n2)nc1. The first-order valence-electron chi connectivity index (χ1n) is 9.87. The van der Waals surface area contributed by atoms with Crippen molar-refractivity contribution in [3.8, 4) is 5.75 Å². The number of hydrogen-bond donors (Lipinski definition) is 1. The van der Waals surface area contributed by atoms with Crippen LogP contribution in [0.1, 0.15) is 62.0 Å². The third-order valence-electron chi connectivity index (χ3n) is 4.67. The number of benzene rings is 1. The van der Waals surface area contributed by atoms with Gasteiger partial charge in [0.25, 0.3) is 0 Å². The normalized spacial score (nSPS) is 12.3. The lowest BCUT2D eigenvalue weighted by molar-refractivity contribution is -0.118. The first-order chi connectivity index (χ1) is 13.8. The maximum atomic E-state index is 12.2. The lowest BCUT2D eigenvalue weighted by atomic mass is 9.92. The van der Waals surface area contributed by atoms with Crippen LogP contribution < -0.4 is 10.5 Å². The zero-order chi connectivity index (χ0) is 21.0. The first-order valence-corrected chi connectivity index (χ1v) is 9.87. The number of aromatic nitrogens is 3. The highest BCUT2D eigenvalue weighted by Gasteiger charge is 2.23. The summed E-state index contributed by atoms with van der Waals surface area (Å²) < 4.78 is 7.38. The summed E-state index contributed by atoms with van der Waals surface area (Å²) in [5, 5.41) is 4.58. The zero-order valence-electron chi connectivity index (χ0n) is 17.4. The Labute approximate surface area is 171 Å². The maximum Gasteiger partial charge on any atom is 0.231 e. The number of rotatable bonds is 8. The lowest BCUT2D eigenvalue weighted by Gasteiger charge is -2.13. The molecule has 0 spiro atoms. The molecule has 6 nitrogen and oxygen atoms in total. The molecule has 0 aliphatic heterocycles. The highest BCUT2D eigenvalue weighted by atomic mass is 16.5. The average molecular weight is 393 g/mol. The van der Waals surface area contributed by atoms with Crippen molar-refractivity contribution in [2.24, 2.45) is 5.73 Å². The molecule has 2 heterocycles. The Morgan fingerprint density at radius 3 is 2.28 bits per heavy atom. The van der Waals surface area contributed by atoms with Crippen molar-refractivity contribution >= 4 is 5.91 Å². The third kappa shape index (κ3) is 5.22. The van der Waals surface area contributed by atoms with Gasteiger partial charge in [-0.05, 0) is 49.1 Å². The molecule has 1 aromatic carbocycles. The minimum Gasteiger partial charge on any atom is -0.489 e. The van der Waals surface area contributed by atoms with Crippen molar-refractivity contribution in [3.05, 3.63) is 77.4 Å². The van der Waals surface area contributed by atoms with Gasteiger partial charge in [-0.15, -0.1) is 0 Å². The van der Waals surface area contributed by atoms with Gasteiger partial charge in [-0.25, -0.2) is 0 Å². The molecule has 1 unspecified atom stereocenters. The second-order valence-corrected chi connectivity index (χ2v) is 7.75. The summed E-state index contributed by atoms with van der Waals surface area (Å²) >= 11 is 0.